The topological polar surface area (TPSA) is 42.1 Å². The van der Waals surface area contributed by atoms with Gasteiger partial charge in [-0.3, -0.25) is 4.79 Å². The number of halogens is 1. The van der Waals surface area contributed by atoms with Gasteiger partial charge in [0.25, 0.3) is 0 Å². The van der Waals surface area contributed by atoms with Crippen LogP contribution in [-0.4, -0.2) is 4.98 Å². The molecule has 1 aliphatic heterocycles. The summed E-state index contributed by atoms with van der Waals surface area (Å²) >= 11 is 1.20. The average molecular weight is 375 g/mol. The van der Waals surface area contributed by atoms with Gasteiger partial charge in [0.1, 0.15) is 18.2 Å². The predicted molar refractivity (Wildman–Crippen MR) is 107 cm³/mol. The second-order valence-electron chi connectivity index (χ2n) is 6.41. The van der Waals surface area contributed by atoms with E-state index in [9.17, 15) is 9.18 Å². The second-order valence-corrected chi connectivity index (χ2v) is 7.43. The lowest BCUT2D eigenvalue weighted by molar-refractivity contribution is 0.305. The summed E-state index contributed by atoms with van der Waals surface area (Å²) in [7, 11) is 0. The number of hydrogen-bond donors (Lipinski definition) is 1. The smallest absolute Gasteiger partial charge is 0.305 e. The van der Waals surface area contributed by atoms with Crippen LogP contribution in [0.5, 0.6) is 5.75 Å². The Balaban J connectivity index is 1.75. The molecule has 5 rings (SSSR count). The molecule has 3 aromatic carbocycles. The molecule has 0 fully saturated rings. The van der Waals surface area contributed by atoms with E-state index >= 15 is 0 Å². The van der Waals surface area contributed by atoms with Crippen molar-refractivity contribution >= 4 is 33.2 Å². The van der Waals surface area contributed by atoms with Crippen LogP contribution < -0.4 is 9.61 Å². The van der Waals surface area contributed by atoms with Gasteiger partial charge in [0.05, 0.1) is 10.2 Å². The van der Waals surface area contributed by atoms with E-state index < -0.39 is 0 Å². The van der Waals surface area contributed by atoms with E-state index in [-0.39, 0.29) is 10.7 Å². The highest BCUT2D eigenvalue weighted by Crippen LogP contribution is 2.38. The van der Waals surface area contributed by atoms with E-state index in [1.54, 1.807) is 6.07 Å². The van der Waals surface area contributed by atoms with Crippen LogP contribution in [0.3, 0.4) is 0 Å². The van der Waals surface area contributed by atoms with Crippen LogP contribution in [0.25, 0.3) is 21.9 Å². The summed E-state index contributed by atoms with van der Waals surface area (Å²) in [5, 5.41) is 0. The van der Waals surface area contributed by atoms with Gasteiger partial charge in [0.15, 0.2) is 0 Å². The molecule has 5 heteroatoms. The zero-order chi connectivity index (χ0) is 18.4. The third-order valence-electron chi connectivity index (χ3n) is 4.68. The first-order valence-corrected chi connectivity index (χ1v) is 9.34. The lowest BCUT2D eigenvalue weighted by atomic mass is 9.92. The van der Waals surface area contributed by atoms with Crippen molar-refractivity contribution in [3.05, 3.63) is 98.4 Å². The summed E-state index contributed by atoms with van der Waals surface area (Å²) in [4.78, 5) is 14.4. The van der Waals surface area contributed by atoms with Crippen molar-refractivity contribution in [2.75, 3.05) is 0 Å². The highest BCUT2D eigenvalue weighted by molar-refractivity contribution is 7.16. The first-order chi connectivity index (χ1) is 13.2. The van der Waals surface area contributed by atoms with E-state index in [1.165, 1.54) is 23.5 Å². The Labute approximate surface area is 158 Å². The molecular weight excluding hydrogens is 361 g/mol. The Bertz CT molecular complexity index is 1270. The number of H-pyrrole nitrogens is 1. The summed E-state index contributed by atoms with van der Waals surface area (Å²) in [6.45, 7) is 0.390. The van der Waals surface area contributed by atoms with Gasteiger partial charge >= 0.3 is 4.87 Å². The monoisotopic (exact) mass is 375 g/mol. The van der Waals surface area contributed by atoms with Crippen molar-refractivity contribution in [3.8, 4) is 5.75 Å². The summed E-state index contributed by atoms with van der Waals surface area (Å²) in [5.74, 6) is 0.207. The van der Waals surface area contributed by atoms with Crippen LogP contribution in [0.15, 0.2) is 65.5 Å². The largest absolute Gasteiger partial charge is 0.488 e. The van der Waals surface area contributed by atoms with Crippen molar-refractivity contribution in [2.45, 2.75) is 6.61 Å². The maximum absolute atomic E-state index is 13.8. The van der Waals surface area contributed by atoms with Gasteiger partial charge in [-0.25, -0.2) is 4.39 Å². The Morgan fingerprint density at radius 3 is 2.85 bits per heavy atom. The number of aromatic nitrogens is 1. The molecule has 0 aliphatic carbocycles. The molecule has 27 heavy (non-hydrogen) atoms. The Morgan fingerprint density at radius 1 is 1.04 bits per heavy atom. The molecule has 4 aromatic rings. The fourth-order valence-corrected chi connectivity index (χ4v) is 4.15. The maximum Gasteiger partial charge on any atom is 0.305 e. The Kier molecular flexibility index (Phi) is 3.69. The van der Waals surface area contributed by atoms with E-state index in [2.05, 4.69) is 11.1 Å². The summed E-state index contributed by atoms with van der Waals surface area (Å²) < 4.78 is 20.6. The lowest BCUT2D eigenvalue weighted by Crippen LogP contribution is -1.95. The standard InChI is InChI=1S/C22H14FNO2S/c23-15-6-7-17-18(9-13-5-8-21-19(10-13)24-22(25)27-21)16-4-2-1-3-14(16)12-26-20(17)11-15/h1-11H,12H2,(H,24,25)/b18-9+. The van der Waals surface area contributed by atoms with Crippen molar-refractivity contribution in [1.82, 2.24) is 4.98 Å². The third-order valence-corrected chi connectivity index (χ3v) is 5.54. The van der Waals surface area contributed by atoms with Crippen LogP contribution in [0, 0.1) is 5.82 Å². The number of rotatable bonds is 1. The molecule has 0 bridgehead atoms. The molecule has 0 amide bonds. The van der Waals surface area contributed by atoms with Crippen LogP contribution in [0.4, 0.5) is 4.39 Å². The van der Waals surface area contributed by atoms with Crippen LogP contribution >= 0.6 is 11.3 Å². The zero-order valence-corrected chi connectivity index (χ0v) is 15.0. The molecule has 1 aromatic heterocycles. The molecule has 1 N–H and O–H groups in total. The highest BCUT2D eigenvalue weighted by atomic mass is 32.1. The Hall–Kier alpha value is -3.18. The second kappa shape index (κ2) is 6.21. The zero-order valence-electron chi connectivity index (χ0n) is 14.2. The van der Waals surface area contributed by atoms with Gasteiger partial charge in [0.2, 0.25) is 0 Å². The molecule has 0 radical (unpaired) electrons. The molecule has 132 valence electrons. The first-order valence-electron chi connectivity index (χ1n) is 8.53. The first kappa shape index (κ1) is 16.0. The molecule has 0 unspecified atom stereocenters. The normalized spacial score (nSPS) is 14.5. The molecule has 0 saturated heterocycles. The van der Waals surface area contributed by atoms with E-state index in [0.717, 1.165) is 38.0 Å². The minimum Gasteiger partial charge on any atom is -0.488 e. The van der Waals surface area contributed by atoms with Crippen molar-refractivity contribution < 1.29 is 9.13 Å². The predicted octanol–water partition coefficient (Wildman–Crippen LogP) is 5.21. The van der Waals surface area contributed by atoms with E-state index in [4.69, 9.17) is 4.74 Å². The van der Waals surface area contributed by atoms with Gasteiger partial charge in [0, 0.05) is 11.6 Å². The number of fused-ring (bicyclic) bond motifs is 3. The third kappa shape index (κ3) is 2.86. The number of benzene rings is 3. The van der Waals surface area contributed by atoms with Gasteiger partial charge in [-0.1, -0.05) is 41.7 Å². The van der Waals surface area contributed by atoms with Crippen LogP contribution in [0.1, 0.15) is 22.3 Å². The maximum atomic E-state index is 13.8. The van der Waals surface area contributed by atoms with Crippen LogP contribution in [-0.2, 0) is 6.61 Å². The molecule has 2 heterocycles. The number of thiazole rings is 1. The fourth-order valence-electron chi connectivity index (χ4n) is 3.43. The number of nitrogens with one attached hydrogen (secondary N) is 1. The SMILES string of the molecule is O=c1[nH]c2cc(/C=C3\c4ccccc4COc4cc(F)ccc43)ccc2s1. The van der Waals surface area contributed by atoms with Crippen molar-refractivity contribution in [3.63, 3.8) is 0 Å². The summed E-state index contributed by atoms with van der Waals surface area (Å²) in [5.41, 5.74) is 5.69. The lowest BCUT2D eigenvalue weighted by Gasteiger charge is -2.11. The summed E-state index contributed by atoms with van der Waals surface area (Å²) in [6.07, 6.45) is 2.06. The van der Waals surface area contributed by atoms with Crippen LogP contribution in [0.2, 0.25) is 0 Å². The minimum atomic E-state index is -0.323. The fraction of sp³-hybridized carbons (Fsp3) is 0.0455. The summed E-state index contributed by atoms with van der Waals surface area (Å²) in [6, 6.07) is 18.5. The van der Waals surface area contributed by atoms with Crippen molar-refractivity contribution in [2.24, 2.45) is 0 Å². The molecule has 1 aliphatic rings. The average Bonchev–Trinajstić information content (AvgIpc) is 2.97. The quantitative estimate of drug-likeness (QED) is 0.496. The molecule has 0 saturated carbocycles. The Morgan fingerprint density at radius 2 is 1.93 bits per heavy atom. The molecule has 3 nitrogen and oxygen atoms in total. The minimum absolute atomic E-state index is 0.0659. The number of ether oxygens (including phenoxy) is 1. The number of aromatic amines is 1. The van der Waals surface area contributed by atoms with Gasteiger partial charge in [-0.05, 0) is 52.6 Å². The van der Waals surface area contributed by atoms with Gasteiger partial charge in [-0.15, -0.1) is 0 Å². The van der Waals surface area contributed by atoms with Gasteiger partial charge in [-0.2, -0.15) is 0 Å². The van der Waals surface area contributed by atoms with E-state index in [1.807, 2.05) is 42.5 Å². The molecule has 0 atom stereocenters. The highest BCUT2D eigenvalue weighted by Gasteiger charge is 2.19. The number of hydrogen-bond acceptors (Lipinski definition) is 3. The van der Waals surface area contributed by atoms with E-state index in [0.29, 0.717) is 12.4 Å². The molecular formula is C22H14FNO2S. The molecule has 0 spiro atoms. The van der Waals surface area contributed by atoms with Gasteiger partial charge < -0.3 is 9.72 Å². The van der Waals surface area contributed by atoms with Crippen molar-refractivity contribution in [1.29, 1.82) is 0 Å².